The summed E-state index contributed by atoms with van der Waals surface area (Å²) in [5.41, 5.74) is 2.55. The molecule has 0 spiro atoms. The standard InChI is InChI=1S/C17H12O2/c18-17-15(14-10-4-5-12-16(14)19-17)11-6-9-13-7-2-1-3-8-13/h1-12H/b9-6+,15-11-. The SMILES string of the molecule is O=C1Oc2ccccc2/C1=C/C=C/c1ccccc1. The summed E-state index contributed by atoms with van der Waals surface area (Å²) in [6.45, 7) is 0. The van der Waals surface area contributed by atoms with Gasteiger partial charge in [0.2, 0.25) is 0 Å². The van der Waals surface area contributed by atoms with Crippen molar-refractivity contribution in [3.8, 4) is 5.75 Å². The highest BCUT2D eigenvalue weighted by Gasteiger charge is 2.25. The number of fused-ring (bicyclic) bond motifs is 1. The van der Waals surface area contributed by atoms with Gasteiger partial charge in [-0.3, -0.25) is 0 Å². The molecule has 0 aliphatic carbocycles. The Bertz CT molecular complexity index is 667. The minimum atomic E-state index is -0.293. The molecule has 0 aromatic heterocycles. The van der Waals surface area contributed by atoms with Gasteiger partial charge in [-0.2, -0.15) is 0 Å². The van der Waals surface area contributed by atoms with Gasteiger partial charge in [0, 0.05) is 5.56 Å². The van der Waals surface area contributed by atoms with Crippen molar-refractivity contribution in [3.63, 3.8) is 0 Å². The van der Waals surface area contributed by atoms with Crippen LogP contribution in [0.2, 0.25) is 0 Å². The van der Waals surface area contributed by atoms with Crippen LogP contribution < -0.4 is 4.74 Å². The van der Waals surface area contributed by atoms with Crippen LogP contribution in [0.15, 0.2) is 66.7 Å². The van der Waals surface area contributed by atoms with Crippen LogP contribution >= 0.6 is 0 Å². The molecule has 19 heavy (non-hydrogen) atoms. The highest BCUT2D eigenvalue weighted by atomic mass is 16.5. The van der Waals surface area contributed by atoms with Crippen molar-refractivity contribution in [1.29, 1.82) is 0 Å². The van der Waals surface area contributed by atoms with Crippen molar-refractivity contribution in [1.82, 2.24) is 0 Å². The first-order chi connectivity index (χ1) is 9.34. The molecule has 2 heteroatoms. The maximum atomic E-state index is 11.7. The van der Waals surface area contributed by atoms with E-state index in [1.165, 1.54) is 0 Å². The van der Waals surface area contributed by atoms with Crippen molar-refractivity contribution in [3.05, 3.63) is 77.9 Å². The zero-order valence-electron chi connectivity index (χ0n) is 10.2. The first kappa shape index (κ1) is 11.5. The van der Waals surface area contributed by atoms with E-state index in [0.717, 1.165) is 11.1 Å². The summed E-state index contributed by atoms with van der Waals surface area (Å²) in [5, 5.41) is 0. The Balaban J connectivity index is 1.89. The lowest BCUT2D eigenvalue weighted by atomic mass is 10.1. The highest BCUT2D eigenvalue weighted by molar-refractivity contribution is 6.21. The quantitative estimate of drug-likeness (QED) is 0.460. The molecule has 92 valence electrons. The van der Waals surface area contributed by atoms with Crippen LogP contribution in [-0.2, 0) is 4.79 Å². The van der Waals surface area contributed by atoms with Gasteiger partial charge in [0.25, 0.3) is 0 Å². The number of allylic oxidation sites excluding steroid dienone is 2. The molecular formula is C17H12O2. The van der Waals surface area contributed by atoms with Gasteiger partial charge in [0.1, 0.15) is 5.75 Å². The molecule has 2 aromatic rings. The maximum Gasteiger partial charge on any atom is 0.344 e. The van der Waals surface area contributed by atoms with Crippen molar-refractivity contribution < 1.29 is 9.53 Å². The van der Waals surface area contributed by atoms with Crippen LogP contribution in [0.25, 0.3) is 11.6 Å². The van der Waals surface area contributed by atoms with E-state index in [1.807, 2.05) is 60.7 Å². The number of ether oxygens (including phenoxy) is 1. The topological polar surface area (TPSA) is 26.3 Å². The number of carbonyl (C=O) groups is 1. The van der Waals surface area contributed by atoms with E-state index in [0.29, 0.717) is 11.3 Å². The Morgan fingerprint density at radius 2 is 1.63 bits per heavy atom. The average Bonchev–Trinajstić information content (AvgIpc) is 2.76. The monoisotopic (exact) mass is 248 g/mol. The molecule has 0 unspecified atom stereocenters. The summed E-state index contributed by atoms with van der Waals surface area (Å²) >= 11 is 0. The molecule has 2 nitrogen and oxygen atoms in total. The molecule has 0 saturated heterocycles. The van der Waals surface area contributed by atoms with Crippen molar-refractivity contribution in [2.24, 2.45) is 0 Å². The number of esters is 1. The van der Waals surface area contributed by atoms with Crippen molar-refractivity contribution in [2.75, 3.05) is 0 Å². The molecule has 0 atom stereocenters. The molecule has 0 N–H and O–H groups in total. The zero-order chi connectivity index (χ0) is 13.1. The normalized spacial score (nSPS) is 15.8. The van der Waals surface area contributed by atoms with Gasteiger partial charge >= 0.3 is 5.97 Å². The third kappa shape index (κ3) is 2.33. The number of rotatable bonds is 2. The smallest absolute Gasteiger partial charge is 0.344 e. The fourth-order valence-corrected chi connectivity index (χ4v) is 2.02. The van der Waals surface area contributed by atoms with Crippen molar-refractivity contribution in [2.45, 2.75) is 0 Å². The molecule has 0 bridgehead atoms. The number of hydrogen-bond acceptors (Lipinski definition) is 2. The second-order valence-electron chi connectivity index (χ2n) is 4.24. The van der Waals surface area contributed by atoms with Crippen molar-refractivity contribution >= 4 is 17.6 Å². The second kappa shape index (κ2) is 4.94. The second-order valence-corrected chi connectivity index (χ2v) is 4.24. The molecule has 2 aromatic carbocycles. The number of para-hydroxylation sites is 1. The van der Waals surface area contributed by atoms with Crippen LogP contribution in [0.4, 0.5) is 0 Å². The van der Waals surface area contributed by atoms with Crippen LogP contribution in [0.3, 0.4) is 0 Å². The summed E-state index contributed by atoms with van der Waals surface area (Å²) in [7, 11) is 0. The van der Waals surface area contributed by atoms with Gasteiger partial charge < -0.3 is 4.74 Å². The minimum Gasteiger partial charge on any atom is -0.422 e. The highest BCUT2D eigenvalue weighted by Crippen LogP contribution is 2.33. The lowest BCUT2D eigenvalue weighted by Crippen LogP contribution is -1.99. The van der Waals surface area contributed by atoms with E-state index in [-0.39, 0.29) is 5.97 Å². The Morgan fingerprint density at radius 1 is 0.895 bits per heavy atom. The molecule has 1 aliphatic rings. The Labute approximate surface area is 111 Å². The first-order valence-corrected chi connectivity index (χ1v) is 6.09. The molecule has 3 rings (SSSR count). The number of benzene rings is 2. The Morgan fingerprint density at radius 3 is 2.47 bits per heavy atom. The van der Waals surface area contributed by atoms with E-state index >= 15 is 0 Å². The van der Waals surface area contributed by atoms with E-state index in [4.69, 9.17) is 4.74 Å². The van der Waals surface area contributed by atoms with Gasteiger partial charge in [-0.15, -0.1) is 0 Å². The fourth-order valence-electron chi connectivity index (χ4n) is 2.02. The summed E-state index contributed by atoms with van der Waals surface area (Å²) in [5.74, 6) is 0.339. The first-order valence-electron chi connectivity index (χ1n) is 6.09. The molecule has 0 fully saturated rings. The van der Waals surface area contributed by atoms with E-state index in [1.54, 1.807) is 12.1 Å². The lowest BCUT2D eigenvalue weighted by Gasteiger charge is -1.93. The fraction of sp³-hybridized carbons (Fsp3) is 0. The van der Waals surface area contributed by atoms with E-state index in [9.17, 15) is 4.79 Å². The van der Waals surface area contributed by atoms with E-state index in [2.05, 4.69) is 0 Å². The number of hydrogen-bond donors (Lipinski definition) is 0. The third-order valence-corrected chi connectivity index (χ3v) is 2.95. The zero-order valence-corrected chi connectivity index (χ0v) is 10.2. The Kier molecular flexibility index (Phi) is 2.99. The molecule has 1 heterocycles. The molecule has 0 radical (unpaired) electrons. The molecular weight excluding hydrogens is 236 g/mol. The van der Waals surface area contributed by atoms with Gasteiger partial charge in [-0.05, 0) is 17.7 Å². The Hall–Kier alpha value is -2.61. The average molecular weight is 248 g/mol. The largest absolute Gasteiger partial charge is 0.422 e. The van der Waals surface area contributed by atoms with Gasteiger partial charge in [0.15, 0.2) is 0 Å². The summed E-state index contributed by atoms with van der Waals surface area (Å²) < 4.78 is 5.18. The molecule has 1 aliphatic heterocycles. The van der Waals surface area contributed by atoms with Gasteiger partial charge in [-0.1, -0.05) is 60.7 Å². The van der Waals surface area contributed by atoms with E-state index < -0.39 is 0 Å². The van der Waals surface area contributed by atoms with Crippen LogP contribution in [0, 0.1) is 0 Å². The van der Waals surface area contributed by atoms with Gasteiger partial charge in [-0.25, -0.2) is 4.79 Å². The summed E-state index contributed by atoms with van der Waals surface area (Å²) in [4.78, 5) is 11.7. The van der Waals surface area contributed by atoms with Crippen LogP contribution in [0.5, 0.6) is 5.75 Å². The minimum absolute atomic E-state index is 0.293. The maximum absolute atomic E-state index is 11.7. The lowest BCUT2D eigenvalue weighted by molar-refractivity contribution is -0.126. The van der Waals surface area contributed by atoms with Crippen LogP contribution in [0.1, 0.15) is 11.1 Å². The van der Waals surface area contributed by atoms with Crippen LogP contribution in [-0.4, -0.2) is 5.97 Å². The predicted octanol–water partition coefficient (Wildman–Crippen LogP) is 3.70. The molecule has 0 amide bonds. The summed E-state index contributed by atoms with van der Waals surface area (Å²) in [6.07, 6.45) is 5.62. The predicted molar refractivity (Wildman–Crippen MR) is 75.5 cm³/mol. The third-order valence-electron chi connectivity index (χ3n) is 2.95. The van der Waals surface area contributed by atoms with Gasteiger partial charge in [0.05, 0.1) is 5.57 Å². The number of carbonyl (C=O) groups excluding carboxylic acids is 1. The molecule has 0 saturated carbocycles. The summed E-state index contributed by atoms with van der Waals surface area (Å²) in [6, 6.07) is 17.4.